The number of aromatic nitrogens is 2. The number of imidazole rings is 1. The van der Waals surface area contributed by atoms with Crippen LogP contribution in [0.25, 0.3) is 11.4 Å². The Balaban J connectivity index is 2.05. The number of alkyl halides is 3. The lowest BCUT2D eigenvalue weighted by molar-refractivity contribution is -0.139. The van der Waals surface area contributed by atoms with Crippen molar-refractivity contribution in [1.82, 2.24) is 14.5 Å². The van der Waals surface area contributed by atoms with Gasteiger partial charge in [-0.3, -0.25) is 4.79 Å². The van der Waals surface area contributed by atoms with E-state index in [2.05, 4.69) is 11.6 Å². The monoisotopic (exact) mass is 377 g/mol. The molecule has 3 rings (SSSR count). The Morgan fingerprint density at radius 3 is 2.63 bits per heavy atom. The van der Waals surface area contributed by atoms with E-state index in [1.54, 1.807) is 0 Å². The van der Waals surface area contributed by atoms with E-state index in [-0.39, 0.29) is 12.2 Å². The lowest BCUT2D eigenvalue weighted by Crippen LogP contribution is -2.39. The minimum atomic E-state index is -4.47. The van der Waals surface area contributed by atoms with Crippen LogP contribution in [-0.4, -0.2) is 39.6 Å². The summed E-state index contributed by atoms with van der Waals surface area (Å²) in [5, 5.41) is 0. The molecule has 0 unspecified atom stereocenters. The molecule has 144 valence electrons. The van der Waals surface area contributed by atoms with E-state index in [0.717, 1.165) is 35.4 Å². The average Bonchev–Trinajstić information content (AvgIpc) is 2.82. The molecule has 27 heavy (non-hydrogen) atoms. The maximum Gasteiger partial charge on any atom is 0.406 e. The number of benzene rings is 1. The Morgan fingerprint density at radius 2 is 1.96 bits per heavy atom. The molecule has 2 aromatic rings. The first-order chi connectivity index (χ1) is 12.9. The molecule has 0 saturated carbocycles. The predicted octanol–water partition coefficient (Wildman–Crippen LogP) is 4.47. The first kappa shape index (κ1) is 19.2. The number of hydrogen-bond acceptors (Lipinski definition) is 2. The number of carbonyl (C=O) groups excluding carboxylic acids is 1. The fourth-order valence-electron chi connectivity index (χ4n) is 3.44. The van der Waals surface area contributed by atoms with Crippen LogP contribution in [0.1, 0.15) is 35.4 Å². The van der Waals surface area contributed by atoms with E-state index in [1.165, 1.54) is 6.08 Å². The number of carbonyl (C=O) groups is 1. The predicted molar refractivity (Wildman–Crippen MR) is 97.4 cm³/mol. The van der Waals surface area contributed by atoms with Crippen LogP contribution in [0, 0.1) is 0 Å². The zero-order valence-electron chi connectivity index (χ0n) is 15.0. The van der Waals surface area contributed by atoms with Gasteiger partial charge in [0.15, 0.2) is 0 Å². The van der Waals surface area contributed by atoms with Crippen molar-refractivity contribution in [3.05, 3.63) is 54.4 Å². The van der Waals surface area contributed by atoms with E-state index < -0.39 is 18.6 Å². The highest BCUT2D eigenvalue weighted by Crippen LogP contribution is 2.28. The summed E-state index contributed by atoms with van der Waals surface area (Å²) in [7, 11) is 0. The zero-order chi connectivity index (χ0) is 19.4. The van der Waals surface area contributed by atoms with Crippen LogP contribution in [0.3, 0.4) is 0 Å². The average molecular weight is 377 g/mol. The minimum absolute atomic E-state index is 0.127. The van der Waals surface area contributed by atoms with Gasteiger partial charge in [0.05, 0.1) is 5.69 Å². The molecule has 1 aromatic heterocycles. The molecule has 4 nitrogen and oxygen atoms in total. The Labute approximate surface area is 156 Å². The molecule has 2 heterocycles. The van der Waals surface area contributed by atoms with E-state index in [9.17, 15) is 18.0 Å². The number of fused-ring (bicyclic) bond motifs is 1. The van der Waals surface area contributed by atoms with Gasteiger partial charge in [-0.2, -0.15) is 13.2 Å². The molecule has 0 N–H and O–H groups in total. The van der Waals surface area contributed by atoms with Gasteiger partial charge < -0.3 is 9.47 Å². The zero-order valence-corrected chi connectivity index (χ0v) is 15.0. The number of amides is 1. The van der Waals surface area contributed by atoms with Crippen molar-refractivity contribution in [2.24, 2.45) is 0 Å². The summed E-state index contributed by atoms with van der Waals surface area (Å²) in [6.45, 7) is 2.69. The molecule has 1 aromatic carbocycles. The third-order valence-corrected chi connectivity index (χ3v) is 4.61. The van der Waals surface area contributed by atoms with Crippen molar-refractivity contribution in [1.29, 1.82) is 0 Å². The summed E-state index contributed by atoms with van der Waals surface area (Å²) in [6.07, 6.45) is 0.322. The van der Waals surface area contributed by atoms with Gasteiger partial charge in [-0.1, -0.05) is 42.8 Å². The van der Waals surface area contributed by atoms with E-state index in [0.29, 0.717) is 18.8 Å². The van der Waals surface area contributed by atoms with Gasteiger partial charge in [0, 0.05) is 18.7 Å². The highest BCUT2D eigenvalue weighted by Gasteiger charge is 2.35. The van der Waals surface area contributed by atoms with Crippen LogP contribution < -0.4 is 0 Å². The number of nitrogens with zero attached hydrogens (tertiary/aromatic N) is 3. The summed E-state index contributed by atoms with van der Waals surface area (Å²) in [6, 6.07) is 9.43. The van der Waals surface area contributed by atoms with Crippen LogP contribution in [-0.2, 0) is 13.0 Å². The highest BCUT2D eigenvalue weighted by molar-refractivity contribution is 5.94. The Kier molecular flexibility index (Phi) is 5.68. The molecular formula is C20H22F3N3O. The van der Waals surface area contributed by atoms with Crippen LogP contribution in [0.5, 0.6) is 0 Å². The summed E-state index contributed by atoms with van der Waals surface area (Å²) >= 11 is 0. The minimum Gasteiger partial charge on any atom is -0.327 e. The fourth-order valence-corrected chi connectivity index (χ4v) is 3.44. The molecule has 1 aliphatic rings. The van der Waals surface area contributed by atoms with Crippen LogP contribution in [0.2, 0.25) is 0 Å². The second-order valence-electron chi connectivity index (χ2n) is 6.65. The molecular weight excluding hydrogens is 355 g/mol. The molecule has 0 radical (unpaired) electrons. The van der Waals surface area contributed by atoms with Gasteiger partial charge in [0.25, 0.3) is 5.91 Å². The Hall–Kier alpha value is -2.57. The van der Waals surface area contributed by atoms with Gasteiger partial charge in [-0.15, -0.1) is 6.58 Å². The second-order valence-corrected chi connectivity index (χ2v) is 6.65. The van der Waals surface area contributed by atoms with Crippen molar-refractivity contribution in [2.75, 3.05) is 13.1 Å². The van der Waals surface area contributed by atoms with Gasteiger partial charge in [0.1, 0.15) is 18.1 Å². The van der Waals surface area contributed by atoms with E-state index in [1.807, 2.05) is 34.9 Å². The van der Waals surface area contributed by atoms with Crippen LogP contribution in [0.4, 0.5) is 13.2 Å². The van der Waals surface area contributed by atoms with Crippen molar-refractivity contribution in [2.45, 2.75) is 38.4 Å². The van der Waals surface area contributed by atoms with Crippen molar-refractivity contribution in [3.8, 4) is 11.4 Å². The first-order valence-corrected chi connectivity index (χ1v) is 9.02. The normalized spacial score (nSPS) is 14.3. The van der Waals surface area contributed by atoms with E-state index >= 15 is 0 Å². The number of halogens is 3. The fraction of sp³-hybridized carbons (Fsp3) is 0.400. The first-order valence-electron chi connectivity index (χ1n) is 9.02. The molecule has 0 saturated heterocycles. The molecule has 7 heteroatoms. The van der Waals surface area contributed by atoms with Gasteiger partial charge >= 0.3 is 6.18 Å². The van der Waals surface area contributed by atoms with Gasteiger partial charge in [-0.05, 0) is 19.3 Å². The van der Waals surface area contributed by atoms with Crippen molar-refractivity contribution >= 4 is 5.91 Å². The second kappa shape index (κ2) is 7.98. The van der Waals surface area contributed by atoms with E-state index in [4.69, 9.17) is 0 Å². The summed E-state index contributed by atoms with van der Waals surface area (Å²) in [5.74, 6) is -0.0542. The molecule has 0 fully saturated rings. The molecule has 0 aliphatic carbocycles. The maximum atomic E-state index is 12.9. The third-order valence-electron chi connectivity index (χ3n) is 4.61. The van der Waals surface area contributed by atoms with Crippen LogP contribution in [0.15, 0.2) is 43.0 Å². The highest BCUT2D eigenvalue weighted by atomic mass is 19.4. The Morgan fingerprint density at radius 1 is 1.22 bits per heavy atom. The smallest absolute Gasteiger partial charge is 0.327 e. The summed E-state index contributed by atoms with van der Waals surface area (Å²) < 4.78 is 40.8. The summed E-state index contributed by atoms with van der Waals surface area (Å²) in [4.78, 5) is 18.2. The topological polar surface area (TPSA) is 38.1 Å². The third kappa shape index (κ3) is 4.40. The molecule has 1 amide bonds. The summed E-state index contributed by atoms with van der Waals surface area (Å²) in [5.41, 5.74) is 1.71. The Bertz CT molecular complexity index is 812. The lowest BCUT2D eigenvalue weighted by atomic mass is 10.1. The molecule has 0 bridgehead atoms. The largest absolute Gasteiger partial charge is 0.406 e. The number of hydrogen-bond donors (Lipinski definition) is 0. The quantitative estimate of drug-likeness (QED) is 0.721. The molecule has 1 aliphatic heterocycles. The molecule has 0 spiro atoms. The maximum absolute atomic E-state index is 12.9. The SMILES string of the molecule is C=CCN(CC(F)(F)F)C(=O)c1nc(-c2ccccc2)n2c1CCCCC2. The molecule has 0 atom stereocenters. The van der Waals surface area contributed by atoms with Crippen LogP contribution >= 0.6 is 0 Å². The van der Waals surface area contributed by atoms with Gasteiger partial charge in [0.2, 0.25) is 0 Å². The van der Waals surface area contributed by atoms with Gasteiger partial charge in [-0.25, -0.2) is 4.98 Å². The number of rotatable bonds is 5. The standard InChI is InChI=1S/C20H22F3N3O/c1-2-12-25(14-20(21,22)23)19(27)17-16-11-7-4-8-13-26(16)18(24-17)15-9-5-3-6-10-15/h2-3,5-6,9-10H,1,4,7-8,11-14H2. The lowest BCUT2D eigenvalue weighted by Gasteiger charge is -2.22. The van der Waals surface area contributed by atoms with Crippen molar-refractivity contribution < 1.29 is 18.0 Å². The van der Waals surface area contributed by atoms with Crippen molar-refractivity contribution in [3.63, 3.8) is 0 Å².